The molecule has 1 aromatic heterocycles. The van der Waals surface area contributed by atoms with Crippen LogP contribution >= 0.6 is 15.9 Å². The van der Waals surface area contributed by atoms with Crippen LogP contribution in [0.4, 0.5) is 11.6 Å². The third-order valence-electron chi connectivity index (χ3n) is 3.10. The molecule has 0 aliphatic carbocycles. The summed E-state index contributed by atoms with van der Waals surface area (Å²) >= 11 is 3.48. The molecule has 0 bridgehead atoms. The van der Waals surface area contributed by atoms with E-state index in [0.717, 1.165) is 27.6 Å². The average molecular weight is 354 g/mol. The molecule has 0 aliphatic rings. The minimum atomic E-state index is 0.202. The predicted octanol–water partition coefficient (Wildman–Crippen LogP) is 3.91. The first-order chi connectivity index (χ1) is 10.0. The van der Waals surface area contributed by atoms with Crippen LogP contribution in [0.15, 0.2) is 28.9 Å². The van der Waals surface area contributed by atoms with E-state index in [0.29, 0.717) is 6.61 Å². The lowest BCUT2D eigenvalue weighted by Gasteiger charge is -2.16. The number of methoxy groups -OCH3 is 2. The Labute approximate surface area is 133 Å². The number of ether oxygens (including phenoxy) is 2. The molecule has 0 aliphatic heterocycles. The van der Waals surface area contributed by atoms with E-state index in [1.807, 2.05) is 31.3 Å². The van der Waals surface area contributed by atoms with Gasteiger partial charge < -0.3 is 19.4 Å². The maximum Gasteiger partial charge on any atom is 0.207 e. The van der Waals surface area contributed by atoms with E-state index in [9.17, 15) is 0 Å². The maximum atomic E-state index is 5.28. The molecule has 2 rings (SSSR count). The summed E-state index contributed by atoms with van der Waals surface area (Å²) in [5.41, 5.74) is 1.88. The summed E-state index contributed by atoms with van der Waals surface area (Å²) in [5.74, 6) is 1.57. The lowest BCUT2D eigenvalue weighted by atomic mass is 10.3. The molecule has 0 amide bonds. The highest BCUT2D eigenvalue weighted by Crippen LogP contribution is 2.27. The van der Waals surface area contributed by atoms with E-state index < -0.39 is 0 Å². The smallest absolute Gasteiger partial charge is 0.207 e. The van der Waals surface area contributed by atoms with Crippen LogP contribution < -0.4 is 10.1 Å². The lowest BCUT2D eigenvalue weighted by Crippen LogP contribution is -2.12. The number of nitrogens with zero attached hydrogens (tertiary/aromatic N) is 2. The molecule has 2 aromatic rings. The molecule has 1 N–H and O–H groups in total. The first kappa shape index (κ1) is 15.9. The highest BCUT2D eigenvalue weighted by Gasteiger charge is 2.12. The van der Waals surface area contributed by atoms with Gasteiger partial charge in [0.25, 0.3) is 0 Å². The number of halogens is 1. The number of aromatic nitrogens is 2. The standard InChI is InChI=1S/C15H20BrN3O2/c1-10-8-19(11(2)9-20-3)15(17-10)18-13-5-12(16)6-14(7-13)21-4/h5-8,11H,9H2,1-4H3,(H,17,18). The van der Waals surface area contributed by atoms with Gasteiger partial charge in [-0.25, -0.2) is 4.98 Å². The minimum Gasteiger partial charge on any atom is -0.497 e. The maximum absolute atomic E-state index is 5.28. The summed E-state index contributed by atoms with van der Waals surface area (Å²) in [6.45, 7) is 4.70. The summed E-state index contributed by atoms with van der Waals surface area (Å²) in [4.78, 5) is 4.53. The van der Waals surface area contributed by atoms with Gasteiger partial charge in [0.05, 0.1) is 25.5 Å². The number of hydrogen-bond donors (Lipinski definition) is 1. The number of benzene rings is 1. The Morgan fingerprint density at radius 2 is 2.10 bits per heavy atom. The van der Waals surface area contributed by atoms with Crippen molar-refractivity contribution in [2.45, 2.75) is 19.9 Å². The number of anilines is 2. The fourth-order valence-corrected chi connectivity index (χ4v) is 2.62. The summed E-state index contributed by atoms with van der Waals surface area (Å²) in [7, 11) is 3.35. The lowest BCUT2D eigenvalue weighted by molar-refractivity contribution is 0.163. The Bertz CT molecular complexity index is 613. The molecule has 1 aromatic carbocycles. The summed E-state index contributed by atoms with van der Waals surface area (Å²) in [6, 6.07) is 6.03. The van der Waals surface area contributed by atoms with E-state index in [2.05, 4.69) is 37.7 Å². The normalized spacial score (nSPS) is 12.2. The molecule has 114 valence electrons. The van der Waals surface area contributed by atoms with Gasteiger partial charge in [0, 0.05) is 29.5 Å². The van der Waals surface area contributed by atoms with Crippen LogP contribution in [0.1, 0.15) is 18.7 Å². The van der Waals surface area contributed by atoms with Crippen molar-refractivity contribution < 1.29 is 9.47 Å². The van der Waals surface area contributed by atoms with Gasteiger partial charge in [0.15, 0.2) is 0 Å². The largest absolute Gasteiger partial charge is 0.497 e. The molecule has 6 heteroatoms. The zero-order valence-corrected chi connectivity index (χ0v) is 14.3. The third-order valence-corrected chi connectivity index (χ3v) is 3.56. The van der Waals surface area contributed by atoms with Crippen LogP contribution in [-0.4, -0.2) is 30.4 Å². The molecule has 0 spiro atoms. The van der Waals surface area contributed by atoms with Crippen LogP contribution in [-0.2, 0) is 4.74 Å². The van der Waals surface area contributed by atoms with Gasteiger partial charge in [-0.2, -0.15) is 0 Å². The highest BCUT2D eigenvalue weighted by molar-refractivity contribution is 9.10. The highest BCUT2D eigenvalue weighted by atomic mass is 79.9. The van der Waals surface area contributed by atoms with Gasteiger partial charge >= 0.3 is 0 Å². The van der Waals surface area contributed by atoms with Gasteiger partial charge in [-0.15, -0.1) is 0 Å². The van der Waals surface area contributed by atoms with E-state index in [-0.39, 0.29) is 6.04 Å². The molecule has 1 unspecified atom stereocenters. The Morgan fingerprint density at radius 3 is 2.76 bits per heavy atom. The number of nitrogens with one attached hydrogen (secondary N) is 1. The van der Waals surface area contributed by atoms with Crippen molar-refractivity contribution in [3.05, 3.63) is 34.6 Å². The van der Waals surface area contributed by atoms with Crippen LogP contribution in [0.3, 0.4) is 0 Å². The Hall–Kier alpha value is -1.53. The van der Waals surface area contributed by atoms with E-state index in [4.69, 9.17) is 9.47 Å². The molecule has 1 atom stereocenters. The van der Waals surface area contributed by atoms with Gasteiger partial charge in [-0.3, -0.25) is 0 Å². The van der Waals surface area contributed by atoms with E-state index >= 15 is 0 Å². The van der Waals surface area contributed by atoms with E-state index in [1.54, 1.807) is 14.2 Å². The molecule has 0 fully saturated rings. The number of hydrogen-bond acceptors (Lipinski definition) is 4. The van der Waals surface area contributed by atoms with Gasteiger partial charge in [-0.1, -0.05) is 15.9 Å². The van der Waals surface area contributed by atoms with Crippen molar-refractivity contribution in [3.8, 4) is 5.75 Å². The molecular weight excluding hydrogens is 334 g/mol. The number of imidazole rings is 1. The zero-order chi connectivity index (χ0) is 15.4. The number of aryl methyl sites for hydroxylation is 1. The zero-order valence-electron chi connectivity index (χ0n) is 12.7. The van der Waals surface area contributed by atoms with E-state index in [1.165, 1.54) is 0 Å². The monoisotopic (exact) mass is 353 g/mol. The number of rotatable bonds is 6. The molecule has 5 nitrogen and oxygen atoms in total. The Kier molecular flexibility index (Phi) is 5.25. The third kappa shape index (κ3) is 3.98. The van der Waals surface area contributed by atoms with Crippen LogP contribution in [0.2, 0.25) is 0 Å². The summed E-state index contributed by atoms with van der Waals surface area (Å²) in [6.07, 6.45) is 2.02. The van der Waals surface area contributed by atoms with Gasteiger partial charge in [-0.05, 0) is 26.0 Å². The SMILES string of the molecule is COCC(C)n1cc(C)nc1Nc1cc(Br)cc(OC)c1. The second kappa shape index (κ2) is 6.95. The van der Waals surface area contributed by atoms with Gasteiger partial charge in [0.2, 0.25) is 5.95 Å². The fraction of sp³-hybridized carbons (Fsp3) is 0.400. The summed E-state index contributed by atoms with van der Waals surface area (Å²) < 4.78 is 13.5. The molecule has 0 saturated heterocycles. The minimum absolute atomic E-state index is 0.202. The van der Waals surface area contributed by atoms with Gasteiger partial charge in [0.1, 0.15) is 5.75 Å². The molecule has 0 radical (unpaired) electrons. The van der Waals surface area contributed by atoms with Crippen molar-refractivity contribution in [1.82, 2.24) is 9.55 Å². The predicted molar refractivity (Wildman–Crippen MR) is 87.5 cm³/mol. The van der Waals surface area contributed by atoms with Crippen LogP contribution in [0.5, 0.6) is 5.75 Å². The average Bonchev–Trinajstić information content (AvgIpc) is 2.79. The van der Waals surface area contributed by atoms with Crippen molar-refractivity contribution in [1.29, 1.82) is 0 Å². The second-order valence-electron chi connectivity index (χ2n) is 4.92. The van der Waals surface area contributed by atoms with Crippen molar-refractivity contribution >= 4 is 27.6 Å². The fourth-order valence-electron chi connectivity index (χ4n) is 2.15. The Morgan fingerprint density at radius 1 is 1.33 bits per heavy atom. The summed E-state index contributed by atoms with van der Waals surface area (Å²) in [5, 5.41) is 3.33. The Balaban J connectivity index is 2.29. The topological polar surface area (TPSA) is 48.3 Å². The van der Waals surface area contributed by atoms with Crippen molar-refractivity contribution in [2.24, 2.45) is 0 Å². The first-order valence-corrected chi connectivity index (χ1v) is 7.48. The van der Waals surface area contributed by atoms with Crippen LogP contribution in [0.25, 0.3) is 0 Å². The second-order valence-corrected chi connectivity index (χ2v) is 5.84. The van der Waals surface area contributed by atoms with Crippen LogP contribution in [0, 0.1) is 6.92 Å². The molecular formula is C15H20BrN3O2. The quantitative estimate of drug-likeness (QED) is 0.854. The van der Waals surface area contributed by atoms with Crippen molar-refractivity contribution in [3.63, 3.8) is 0 Å². The molecule has 0 saturated carbocycles. The first-order valence-electron chi connectivity index (χ1n) is 6.69. The molecule has 21 heavy (non-hydrogen) atoms. The molecule has 1 heterocycles. The van der Waals surface area contributed by atoms with Crippen molar-refractivity contribution in [2.75, 3.05) is 26.1 Å².